The highest BCUT2D eigenvalue weighted by atomic mass is 16.2. The average Bonchev–Trinajstić information content (AvgIpc) is 3.40. The summed E-state index contributed by atoms with van der Waals surface area (Å²) in [5.74, 6) is 0.363. The largest absolute Gasteiger partial charge is 0.355 e. The van der Waals surface area contributed by atoms with E-state index in [0.29, 0.717) is 23.6 Å². The summed E-state index contributed by atoms with van der Waals surface area (Å²) in [6.45, 7) is 0.353. The van der Waals surface area contributed by atoms with Crippen molar-refractivity contribution in [3.8, 4) is 11.3 Å². The minimum Gasteiger partial charge on any atom is -0.355 e. The first kappa shape index (κ1) is 23.9. The molecule has 9 heteroatoms. The van der Waals surface area contributed by atoms with Crippen molar-refractivity contribution >= 4 is 40.5 Å². The standard InChI is InChI=1S/C30H25N7O2/c1-36-18-16-26(35-36)20-7-13-24(14-8-20)37-19-25-27(15-17-31-28(25)34-30(37)39)32-22-9-11-23(12-10-22)33-29(38)21-5-3-2-4-6-21/h2-18H,19H2,1H3,(H,33,38)(H2,31,32,34,39). The quantitative estimate of drug-likeness (QED) is 0.256. The lowest BCUT2D eigenvalue weighted by atomic mass is 10.1. The Morgan fingerprint density at radius 3 is 2.36 bits per heavy atom. The molecule has 0 fully saturated rings. The van der Waals surface area contributed by atoms with Gasteiger partial charge in [-0.25, -0.2) is 9.78 Å². The number of amides is 3. The Morgan fingerprint density at radius 1 is 0.897 bits per heavy atom. The molecule has 3 N–H and O–H groups in total. The fourth-order valence-corrected chi connectivity index (χ4v) is 4.45. The fraction of sp³-hybridized carbons (Fsp3) is 0.0667. The van der Waals surface area contributed by atoms with Gasteiger partial charge >= 0.3 is 6.03 Å². The number of fused-ring (bicyclic) bond motifs is 1. The predicted molar refractivity (Wildman–Crippen MR) is 152 cm³/mol. The van der Waals surface area contributed by atoms with Crippen LogP contribution < -0.4 is 20.9 Å². The molecule has 3 aromatic carbocycles. The number of anilines is 5. The Hall–Kier alpha value is -5.44. The number of nitrogens with one attached hydrogen (secondary N) is 3. The molecular weight excluding hydrogens is 490 g/mol. The zero-order chi connectivity index (χ0) is 26.8. The number of carbonyl (C=O) groups is 2. The van der Waals surface area contributed by atoms with Gasteiger partial charge in [0, 0.05) is 58.9 Å². The van der Waals surface area contributed by atoms with Crippen molar-refractivity contribution in [2.45, 2.75) is 6.54 Å². The Morgan fingerprint density at radius 2 is 1.64 bits per heavy atom. The second-order valence-electron chi connectivity index (χ2n) is 9.15. The fourth-order valence-electron chi connectivity index (χ4n) is 4.45. The van der Waals surface area contributed by atoms with E-state index in [-0.39, 0.29) is 11.9 Å². The number of hydrogen-bond donors (Lipinski definition) is 3. The van der Waals surface area contributed by atoms with Gasteiger partial charge in [0.25, 0.3) is 5.91 Å². The van der Waals surface area contributed by atoms with E-state index in [1.54, 1.807) is 27.9 Å². The van der Waals surface area contributed by atoms with Crippen molar-refractivity contribution in [3.05, 3.63) is 115 Å². The maximum absolute atomic E-state index is 12.9. The number of nitrogens with zero attached hydrogens (tertiary/aromatic N) is 4. The molecule has 9 nitrogen and oxygen atoms in total. The van der Waals surface area contributed by atoms with Gasteiger partial charge in [0.15, 0.2) is 0 Å². The van der Waals surface area contributed by atoms with Crippen LogP contribution in [0.25, 0.3) is 11.3 Å². The third-order valence-electron chi connectivity index (χ3n) is 6.49. The normalized spacial score (nSPS) is 12.4. The number of hydrogen-bond acceptors (Lipinski definition) is 5. The molecule has 192 valence electrons. The number of pyridine rings is 1. The number of benzene rings is 3. The van der Waals surface area contributed by atoms with Gasteiger partial charge in [-0.15, -0.1) is 0 Å². The van der Waals surface area contributed by atoms with E-state index in [1.807, 2.05) is 92.1 Å². The first-order valence-corrected chi connectivity index (χ1v) is 12.4. The van der Waals surface area contributed by atoms with Gasteiger partial charge in [0.05, 0.1) is 12.2 Å². The first-order chi connectivity index (χ1) is 19.0. The van der Waals surface area contributed by atoms with Crippen molar-refractivity contribution < 1.29 is 9.59 Å². The number of urea groups is 1. The summed E-state index contributed by atoms with van der Waals surface area (Å²) in [6.07, 6.45) is 3.56. The van der Waals surface area contributed by atoms with Crippen LogP contribution in [0.2, 0.25) is 0 Å². The summed E-state index contributed by atoms with van der Waals surface area (Å²) >= 11 is 0. The van der Waals surface area contributed by atoms with Crippen molar-refractivity contribution in [2.24, 2.45) is 7.05 Å². The Kier molecular flexibility index (Phi) is 6.22. The third kappa shape index (κ3) is 5.05. The highest BCUT2D eigenvalue weighted by Gasteiger charge is 2.27. The topological polar surface area (TPSA) is 104 Å². The molecule has 0 atom stereocenters. The van der Waals surface area contributed by atoms with Gasteiger partial charge in [-0.1, -0.05) is 30.3 Å². The third-order valence-corrected chi connectivity index (χ3v) is 6.49. The smallest absolute Gasteiger partial charge is 0.327 e. The van der Waals surface area contributed by atoms with Crippen molar-refractivity contribution in [3.63, 3.8) is 0 Å². The van der Waals surface area contributed by atoms with Crippen LogP contribution in [0.15, 0.2) is 103 Å². The first-order valence-electron chi connectivity index (χ1n) is 12.4. The molecule has 0 bridgehead atoms. The summed E-state index contributed by atoms with van der Waals surface area (Å²) in [5, 5.41) is 13.7. The average molecular weight is 516 g/mol. The Bertz CT molecular complexity index is 1650. The van der Waals surface area contributed by atoms with Crippen LogP contribution in [0.3, 0.4) is 0 Å². The molecule has 0 unspecified atom stereocenters. The minimum atomic E-state index is -0.240. The van der Waals surface area contributed by atoms with Gasteiger partial charge in [0.1, 0.15) is 5.82 Å². The van der Waals surface area contributed by atoms with E-state index in [2.05, 4.69) is 26.0 Å². The van der Waals surface area contributed by atoms with Gasteiger partial charge in [-0.2, -0.15) is 5.10 Å². The monoisotopic (exact) mass is 515 g/mol. The maximum atomic E-state index is 12.9. The molecule has 5 aromatic rings. The second kappa shape index (κ2) is 10.1. The molecule has 0 saturated carbocycles. The zero-order valence-electron chi connectivity index (χ0n) is 21.1. The number of aryl methyl sites for hydroxylation is 1. The Balaban J connectivity index is 1.18. The lowest BCUT2D eigenvalue weighted by Crippen LogP contribution is -2.39. The van der Waals surface area contributed by atoms with Crippen LogP contribution in [0, 0.1) is 0 Å². The van der Waals surface area contributed by atoms with Gasteiger partial charge in [-0.3, -0.25) is 19.7 Å². The molecule has 1 aliphatic heterocycles. The molecule has 0 aliphatic carbocycles. The predicted octanol–water partition coefficient (Wildman–Crippen LogP) is 6.03. The van der Waals surface area contributed by atoms with Crippen LogP contribution >= 0.6 is 0 Å². The molecule has 39 heavy (non-hydrogen) atoms. The lowest BCUT2D eigenvalue weighted by molar-refractivity contribution is 0.102. The van der Waals surface area contributed by atoms with Gasteiger partial charge in [0.2, 0.25) is 0 Å². The Labute approximate surface area is 225 Å². The number of carbonyl (C=O) groups excluding carboxylic acids is 2. The minimum absolute atomic E-state index is 0.164. The van der Waals surface area contributed by atoms with E-state index >= 15 is 0 Å². The zero-order valence-corrected chi connectivity index (χ0v) is 21.1. The maximum Gasteiger partial charge on any atom is 0.327 e. The summed E-state index contributed by atoms with van der Waals surface area (Å²) < 4.78 is 1.76. The van der Waals surface area contributed by atoms with Crippen LogP contribution in [0.4, 0.5) is 33.4 Å². The van der Waals surface area contributed by atoms with Crippen molar-refractivity contribution in [1.82, 2.24) is 14.8 Å². The van der Waals surface area contributed by atoms with E-state index in [1.165, 1.54) is 0 Å². The van der Waals surface area contributed by atoms with Crippen molar-refractivity contribution in [2.75, 3.05) is 20.9 Å². The molecular formula is C30H25N7O2. The van der Waals surface area contributed by atoms with Crippen LogP contribution in [-0.2, 0) is 13.6 Å². The molecule has 0 radical (unpaired) electrons. The van der Waals surface area contributed by atoms with E-state index in [9.17, 15) is 9.59 Å². The number of rotatable bonds is 6. The van der Waals surface area contributed by atoms with E-state index in [0.717, 1.165) is 33.9 Å². The van der Waals surface area contributed by atoms with Crippen LogP contribution in [0.5, 0.6) is 0 Å². The van der Waals surface area contributed by atoms with Gasteiger partial charge < -0.3 is 10.6 Å². The molecule has 1 aliphatic rings. The van der Waals surface area contributed by atoms with E-state index < -0.39 is 0 Å². The van der Waals surface area contributed by atoms with Crippen LogP contribution in [-0.4, -0.2) is 26.7 Å². The molecule has 0 spiro atoms. The highest BCUT2D eigenvalue weighted by Crippen LogP contribution is 2.33. The lowest BCUT2D eigenvalue weighted by Gasteiger charge is -2.30. The van der Waals surface area contributed by atoms with Crippen molar-refractivity contribution in [1.29, 1.82) is 0 Å². The molecule has 6 rings (SSSR count). The molecule has 3 amide bonds. The van der Waals surface area contributed by atoms with Crippen LogP contribution in [0.1, 0.15) is 15.9 Å². The molecule has 3 heterocycles. The van der Waals surface area contributed by atoms with E-state index in [4.69, 9.17) is 0 Å². The SMILES string of the molecule is Cn1ccc(-c2ccc(N3Cc4c(Nc5ccc(NC(=O)c6ccccc6)cc5)ccnc4NC3=O)cc2)n1. The summed E-state index contributed by atoms with van der Waals surface area (Å²) in [6, 6.07) is 27.9. The number of aromatic nitrogens is 3. The molecule has 0 saturated heterocycles. The summed E-state index contributed by atoms with van der Waals surface area (Å²) in [7, 11) is 1.88. The second-order valence-corrected chi connectivity index (χ2v) is 9.15. The highest BCUT2D eigenvalue weighted by molar-refractivity contribution is 6.05. The van der Waals surface area contributed by atoms with Gasteiger partial charge in [-0.05, 0) is 60.7 Å². The summed E-state index contributed by atoms with van der Waals surface area (Å²) in [4.78, 5) is 31.4. The molecule has 2 aromatic heterocycles. The summed E-state index contributed by atoms with van der Waals surface area (Å²) in [5.41, 5.74) is 6.45.